The molecule has 2 aromatic rings. The van der Waals surface area contributed by atoms with Crippen LogP contribution in [0.5, 0.6) is 5.88 Å². The van der Waals surface area contributed by atoms with Crippen LogP contribution in [0.4, 0.5) is 5.82 Å². The van der Waals surface area contributed by atoms with Crippen molar-refractivity contribution in [3.63, 3.8) is 0 Å². The van der Waals surface area contributed by atoms with Crippen LogP contribution in [0, 0.1) is 0 Å². The predicted octanol–water partition coefficient (Wildman–Crippen LogP) is 1.43. The largest absolute Gasteiger partial charge is 0.472 e. The number of nitrogens with zero attached hydrogens (tertiary/aromatic N) is 4. The summed E-state index contributed by atoms with van der Waals surface area (Å²) in [5, 5.41) is 0. The number of likely N-dealkylation sites (tertiary alicyclic amines) is 1. The molecule has 0 unspecified atom stereocenters. The lowest BCUT2D eigenvalue weighted by Crippen LogP contribution is -2.30. The summed E-state index contributed by atoms with van der Waals surface area (Å²) >= 11 is 0. The van der Waals surface area contributed by atoms with Gasteiger partial charge in [0.15, 0.2) is 5.82 Å². The van der Waals surface area contributed by atoms with E-state index in [1.54, 1.807) is 23.4 Å². The number of ether oxygens (including phenoxy) is 1. The van der Waals surface area contributed by atoms with E-state index in [0.29, 0.717) is 24.5 Å². The quantitative estimate of drug-likeness (QED) is 0.851. The average molecular weight is 302 g/mol. The minimum absolute atomic E-state index is 0.0343. The van der Waals surface area contributed by atoms with Gasteiger partial charge in [0.1, 0.15) is 12.4 Å². The summed E-state index contributed by atoms with van der Waals surface area (Å²) in [6.45, 7) is 1.20. The van der Waals surface area contributed by atoms with Crippen molar-refractivity contribution in [2.45, 2.75) is 12.5 Å². The molecule has 1 aliphatic rings. The smallest absolute Gasteiger partial charge is 0.257 e. The topological polar surface area (TPSA) is 71.7 Å². The van der Waals surface area contributed by atoms with Gasteiger partial charge < -0.3 is 19.0 Å². The summed E-state index contributed by atoms with van der Waals surface area (Å²) in [5.74, 6) is 1.18. The SMILES string of the molecule is CN(C)c1cncc(O[C@H]2CCN(C(=O)c3ccoc3)C2)n1. The number of hydrogen-bond donors (Lipinski definition) is 0. The second-order valence-corrected chi connectivity index (χ2v) is 5.40. The summed E-state index contributed by atoms with van der Waals surface area (Å²) in [6, 6.07) is 1.67. The number of carbonyl (C=O) groups is 1. The third-order valence-electron chi connectivity index (χ3n) is 3.55. The molecule has 7 nitrogen and oxygen atoms in total. The maximum Gasteiger partial charge on any atom is 0.257 e. The third kappa shape index (κ3) is 3.03. The average Bonchev–Trinajstić information content (AvgIpc) is 3.18. The minimum atomic E-state index is -0.0671. The van der Waals surface area contributed by atoms with E-state index < -0.39 is 0 Å². The predicted molar refractivity (Wildman–Crippen MR) is 80.0 cm³/mol. The van der Waals surface area contributed by atoms with Gasteiger partial charge in [0, 0.05) is 27.1 Å². The van der Waals surface area contributed by atoms with Crippen molar-refractivity contribution in [2.75, 3.05) is 32.1 Å². The molecule has 1 saturated heterocycles. The van der Waals surface area contributed by atoms with E-state index in [1.165, 1.54) is 12.5 Å². The maximum atomic E-state index is 12.2. The van der Waals surface area contributed by atoms with Crippen molar-refractivity contribution in [2.24, 2.45) is 0 Å². The van der Waals surface area contributed by atoms with Gasteiger partial charge in [-0.05, 0) is 6.07 Å². The van der Waals surface area contributed by atoms with Gasteiger partial charge in [0.25, 0.3) is 5.91 Å². The van der Waals surface area contributed by atoms with Crippen LogP contribution >= 0.6 is 0 Å². The molecule has 0 radical (unpaired) electrons. The van der Waals surface area contributed by atoms with Crippen molar-refractivity contribution in [3.05, 3.63) is 36.5 Å². The normalized spacial score (nSPS) is 17.5. The van der Waals surface area contributed by atoms with Gasteiger partial charge in [0.2, 0.25) is 5.88 Å². The van der Waals surface area contributed by atoms with Crippen LogP contribution in [0.2, 0.25) is 0 Å². The molecule has 1 fully saturated rings. The second-order valence-electron chi connectivity index (χ2n) is 5.40. The molecular formula is C15H18N4O3. The van der Waals surface area contributed by atoms with Gasteiger partial charge in [-0.2, -0.15) is 4.98 Å². The Hall–Kier alpha value is -2.57. The summed E-state index contributed by atoms with van der Waals surface area (Å²) < 4.78 is 10.8. The zero-order valence-electron chi connectivity index (χ0n) is 12.6. The summed E-state index contributed by atoms with van der Waals surface area (Å²) in [5.41, 5.74) is 0.565. The van der Waals surface area contributed by atoms with Crippen LogP contribution < -0.4 is 9.64 Å². The molecule has 7 heteroatoms. The molecule has 0 spiro atoms. The van der Waals surface area contributed by atoms with Crippen molar-refractivity contribution >= 4 is 11.7 Å². The molecular weight excluding hydrogens is 284 g/mol. The molecule has 1 atom stereocenters. The molecule has 3 rings (SSSR count). The number of anilines is 1. The molecule has 0 N–H and O–H groups in total. The number of carbonyl (C=O) groups excluding carboxylic acids is 1. The lowest BCUT2D eigenvalue weighted by Gasteiger charge is -2.17. The Bertz CT molecular complexity index is 642. The van der Waals surface area contributed by atoms with Gasteiger partial charge in [-0.15, -0.1) is 0 Å². The van der Waals surface area contributed by atoms with Gasteiger partial charge in [-0.3, -0.25) is 9.78 Å². The number of furan rings is 1. The minimum Gasteiger partial charge on any atom is -0.472 e. The number of aromatic nitrogens is 2. The fraction of sp³-hybridized carbons (Fsp3) is 0.400. The van der Waals surface area contributed by atoms with Gasteiger partial charge in [-0.1, -0.05) is 0 Å². The highest BCUT2D eigenvalue weighted by Crippen LogP contribution is 2.19. The van der Waals surface area contributed by atoms with Crippen molar-refractivity contribution in [1.29, 1.82) is 0 Å². The van der Waals surface area contributed by atoms with Crippen LogP contribution in [0.3, 0.4) is 0 Å². The molecule has 1 aliphatic heterocycles. The first-order valence-corrected chi connectivity index (χ1v) is 7.11. The molecule has 0 aliphatic carbocycles. The van der Waals surface area contributed by atoms with Crippen LogP contribution in [0.15, 0.2) is 35.4 Å². The first kappa shape index (κ1) is 14.4. The van der Waals surface area contributed by atoms with Crippen LogP contribution in [0.1, 0.15) is 16.8 Å². The fourth-order valence-corrected chi connectivity index (χ4v) is 2.36. The molecule has 0 bridgehead atoms. The van der Waals surface area contributed by atoms with E-state index in [0.717, 1.165) is 12.2 Å². The number of amides is 1. The highest BCUT2D eigenvalue weighted by molar-refractivity contribution is 5.94. The van der Waals surface area contributed by atoms with Crippen molar-refractivity contribution < 1.29 is 13.9 Å². The molecule has 0 aromatic carbocycles. The van der Waals surface area contributed by atoms with Crippen LogP contribution in [0.25, 0.3) is 0 Å². The Morgan fingerprint density at radius 1 is 1.45 bits per heavy atom. The standard InChI is InChI=1S/C15H18N4O3/c1-18(2)13-7-16-8-14(17-13)22-12-3-5-19(9-12)15(20)11-4-6-21-10-11/h4,6-8,10,12H,3,5,9H2,1-2H3/t12-/m0/s1. The highest BCUT2D eigenvalue weighted by Gasteiger charge is 2.29. The number of hydrogen-bond acceptors (Lipinski definition) is 6. The van der Waals surface area contributed by atoms with E-state index >= 15 is 0 Å². The van der Waals surface area contributed by atoms with E-state index in [2.05, 4.69) is 9.97 Å². The zero-order valence-corrected chi connectivity index (χ0v) is 12.6. The summed E-state index contributed by atoms with van der Waals surface area (Å²) in [7, 11) is 3.79. The maximum absolute atomic E-state index is 12.2. The summed E-state index contributed by atoms with van der Waals surface area (Å²) in [4.78, 5) is 24.4. The van der Waals surface area contributed by atoms with E-state index in [1.807, 2.05) is 19.0 Å². The third-order valence-corrected chi connectivity index (χ3v) is 3.55. The number of rotatable bonds is 4. The Kier molecular flexibility index (Phi) is 3.95. The molecule has 22 heavy (non-hydrogen) atoms. The Morgan fingerprint density at radius 2 is 2.32 bits per heavy atom. The van der Waals surface area contributed by atoms with Gasteiger partial charge in [0.05, 0.1) is 30.8 Å². The molecule has 2 aromatic heterocycles. The van der Waals surface area contributed by atoms with E-state index in [9.17, 15) is 4.79 Å². The monoisotopic (exact) mass is 302 g/mol. The summed E-state index contributed by atoms with van der Waals surface area (Å²) in [6.07, 6.45) is 6.94. The van der Waals surface area contributed by atoms with Crippen molar-refractivity contribution in [3.8, 4) is 5.88 Å². The first-order valence-electron chi connectivity index (χ1n) is 7.11. The van der Waals surface area contributed by atoms with E-state index in [-0.39, 0.29) is 12.0 Å². The molecule has 3 heterocycles. The first-order chi connectivity index (χ1) is 10.6. The fourth-order valence-electron chi connectivity index (χ4n) is 2.36. The lowest BCUT2D eigenvalue weighted by molar-refractivity contribution is 0.0770. The van der Waals surface area contributed by atoms with Gasteiger partial charge in [-0.25, -0.2) is 0 Å². The molecule has 0 saturated carbocycles. The van der Waals surface area contributed by atoms with Crippen LogP contribution in [-0.4, -0.2) is 54.1 Å². The van der Waals surface area contributed by atoms with Crippen LogP contribution in [-0.2, 0) is 0 Å². The Morgan fingerprint density at radius 3 is 3.05 bits per heavy atom. The highest BCUT2D eigenvalue weighted by atomic mass is 16.5. The molecule has 116 valence electrons. The van der Waals surface area contributed by atoms with Gasteiger partial charge >= 0.3 is 0 Å². The Balaban J connectivity index is 1.61. The Labute approximate surface area is 128 Å². The second kappa shape index (κ2) is 6.05. The lowest BCUT2D eigenvalue weighted by atomic mass is 10.3. The van der Waals surface area contributed by atoms with Crippen molar-refractivity contribution in [1.82, 2.24) is 14.9 Å². The zero-order chi connectivity index (χ0) is 15.5. The molecule has 1 amide bonds. The van der Waals surface area contributed by atoms with E-state index in [4.69, 9.17) is 9.15 Å².